The number of likely N-dealkylation sites (tertiary alicyclic amines) is 1. The van der Waals surface area contributed by atoms with Crippen molar-refractivity contribution in [3.63, 3.8) is 0 Å². The molecule has 2 amide bonds. The Kier molecular flexibility index (Phi) is 4.55. The second kappa shape index (κ2) is 6.36. The number of carbonyl (C=O) groups excluding carboxylic acids is 1. The maximum atomic E-state index is 12.1. The van der Waals surface area contributed by atoms with Gasteiger partial charge in [-0.25, -0.2) is 4.79 Å². The first kappa shape index (κ1) is 14.3. The number of nitrogens with zero attached hydrogens (tertiary/aromatic N) is 2. The predicted octanol–water partition coefficient (Wildman–Crippen LogP) is 2.11. The van der Waals surface area contributed by atoms with Crippen LogP contribution >= 0.6 is 0 Å². The highest BCUT2D eigenvalue weighted by atomic mass is 16.4. The number of aryl methyl sites for hydroxylation is 1. The number of nitrogens with one attached hydrogen (secondary N) is 1. The summed E-state index contributed by atoms with van der Waals surface area (Å²) in [5.74, 6) is -0.495. The molecular formula is C14H19N3O3. The fourth-order valence-electron chi connectivity index (χ4n) is 2.39. The Balaban J connectivity index is 1.85. The number of amides is 2. The van der Waals surface area contributed by atoms with Gasteiger partial charge in [0.2, 0.25) is 0 Å². The fraction of sp³-hybridized carbons (Fsp3) is 0.500. The molecule has 0 spiro atoms. The minimum atomic E-state index is -0.779. The van der Waals surface area contributed by atoms with Gasteiger partial charge in [-0.1, -0.05) is 0 Å². The van der Waals surface area contributed by atoms with Crippen molar-refractivity contribution in [3.8, 4) is 0 Å². The highest BCUT2D eigenvalue weighted by Gasteiger charge is 2.26. The minimum Gasteiger partial charge on any atom is -0.481 e. The normalized spacial score (nSPS) is 18.1. The number of hydrogen-bond acceptors (Lipinski definition) is 3. The van der Waals surface area contributed by atoms with Crippen molar-refractivity contribution in [1.29, 1.82) is 0 Å². The first-order chi connectivity index (χ1) is 9.56. The van der Waals surface area contributed by atoms with Gasteiger partial charge >= 0.3 is 12.0 Å². The highest BCUT2D eigenvalue weighted by Crippen LogP contribution is 2.22. The van der Waals surface area contributed by atoms with E-state index < -0.39 is 5.97 Å². The third kappa shape index (κ3) is 3.69. The number of anilines is 1. The molecule has 20 heavy (non-hydrogen) atoms. The van der Waals surface area contributed by atoms with E-state index in [4.69, 9.17) is 5.11 Å². The van der Waals surface area contributed by atoms with Crippen LogP contribution in [-0.4, -0.2) is 40.1 Å². The Labute approximate surface area is 117 Å². The number of carboxylic acids is 1. The van der Waals surface area contributed by atoms with E-state index >= 15 is 0 Å². The molecule has 1 aromatic heterocycles. The van der Waals surface area contributed by atoms with E-state index in [0.29, 0.717) is 25.2 Å². The van der Waals surface area contributed by atoms with Gasteiger partial charge < -0.3 is 15.3 Å². The van der Waals surface area contributed by atoms with Crippen molar-refractivity contribution in [2.24, 2.45) is 5.92 Å². The maximum Gasteiger partial charge on any atom is 0.321 e. The van der Waals surface area contributed by atoms with Gasteiger partial charge in [0, 0.05) is 25.7 Å². The second-order valence-corrected chi connectivity index (χ2v) is 5.10. The van der Waals surface area contributed by atoms with Crippen LogP contribution in [0.1, 0.15) is 25.0 Å². The van der Waals surface area contributed by atoms with Crippen LogP contribution in [0.5, 0.6) is 0 Å². The molecular weight excluding hydrogens is 258 g/mol. The molecule has 108 valence electrons. The van der Waals surface area contributed by atoms with E-state index in [1.165, 1.54) is 0 Å². The lowest BCUT2D eigenvalue weighted by atomic mass is 10.0. The van der Waals surface area contributed by atoms with Crippen molar-refractivity contribution >= 4 is 17.7 Å². The van der Waals surface area contributed by atoms with Crippen LogP contribution in [0.25, 0.3) is 0 Å². The smallest absolute Gasteiger partial charge is 0.321 e. The summed E-state index contributed by atoms with van der Waals surface area (Å²) in [6.45, 7) is 3.14. The Morgan fingerprint density at radius 1 is 1.55 bits per heavy atom. The summed E-state index contributed by atoms with van der Waals surface area (Å²) >= 11 is 0. The topological polar surface area (TPSA) is 82.5 Å². The molecule has 0 aromatic carbocycles. The van der Waals surface area contributed by atoms with Crippen LogP contribution in [-0.2, 0) is 4.79 Å². The number of urea groups is 1. The molecule has 0 saturated carbocycles. The van der Waals surface area contributed by atoms with Crippen LogP contribution < -0.4 is 5.32 Å². The van der Waals surface area contributed by atoms with Gasteiger partial charge in [0.15, 0.2) is 0 Å². The average molecular weight is 277 g/mol. The van der Waals surface area contributed by atoms with Gasteiger partial charge in [-0.3, -0.25) is 9.78 Å². The Bertz CT molecular complexity index is 504. The summed E-state index contributed by atoms with van der Waals surface area (Å²) in [7, 11) is 0. The summed E-state index contributed by atoms with van der Waals surface area (Å²) < 4.78 is 0. The molecule has 1 aliphatic heterocycles. The van der Waals surface area contributed by atoms with E-state index in [2.05, 4.69) is 10.3 Å². The zero-order chi connectivity index (χ0) is 14.5. The van der Waals surface area contributed by atoms with Crippen LogP contribution in [0, 0.1) is 12.8 Å². The molecule has 1 atom stereocenters. The van der Waals surface area contributed by atoms with Crippen molar-refractivity contribution < 1.29 is 14.7 Å². The third-order valence-electron chi connectivity index (χ3n) is 3.59. The Hall–Kier alpha value is -2.11. The molecule has 1 aliphatic rings. The van der Waals surface area contributed by atoms with E-state index in [9.17, 15) is 9.59 Å². The monoisotopic (exact) mass is 277 g/mol. The maximum absolute atomic E-state index is 12.1. The summed E-state index contributed by atoms with van der Waals surface area (Å²) in [6.07, 6.45) is 3.35. The summed E-state index contributed by atoms with van der Waals surface area (Å²) in [4.78, 5) is 28.5. The van der Waals surface area contributed by atoms with Crippen molar-refractivity contribution in [2.45, 2.75) is 26.2 Å². The molecule has 0 radical (unpaired) electrons. The molecule has 6 nitrogen and oxygen atoms in total. The lowest BCUT2D eigenvalue weighted by Crippen LogP contribution is -2.33. The lowest BCUT2D eigenvalue weighted by Gasteiger charge is -2.18. The number of hydrogen-bond donors (Lipinski definition) is 2. The van der Waals surface area contributed by atoms with Crippen molar-refractivity contribution in [3.05, 3.63) is 24.0 Å². The van der Waals surface area contributed by atoms with Gasteiger partial charge in [0.05, 0.1) is 11.4 Å². The molecule has 0 aliphatic carbocycles. The van der Waals surface area contributed by atoms with Gasteiger partial charge in [0.25, 0.3) is 0 Å². The molecule has 1 saturated heterocycles. The lowest BCUT2D eigenvalue weighted by molar-refractivity contribution is -0.137. The summed E-state index contributed by atoms with van der Waals surface area (Å²) in [5, 5.41) is 11.5. The zero-order valence-corrected chi connectivity index (χ0v) is 11.5. The van der Waals surface area contributed by atoms with Crippen LogP contribution in [0.15, 0.2) is 18.3 Å². The summed E-state index contributed by atoms with van der Waals surface area (Å²) in [6, 6.07) is 3.46. The Morgan fingerprint density at radius 2 is 2.35 bits per heavy atom. The van der Waals surface area contributed by atoms with Crippen molar-refractivity contribution in [1.82, 2.24) is 9.88 Å². The first-order valence-corrected chi connectivity index (χ1v) is 6.75. The van der Waals surface area contributed by atoms with Crippen LogP contribution in [0.4, 0.5) is 10.5 Å². The third-order valence-corrected chi connectivity index (χ3v) is 3.59. The van der Waals surface area contributed by atoms with Gasteiger partial charge in [-0.2, -0.15) is 0 Å². The van der Waals surface area contributed by atoms with Crippen LogP contribution in [0.3, 0.4) is 0 Å². The molecule has 1 unspecified atom stereocenters. The average Bonchev–Trinajstić information content (AvgIpc) is 2.88. The molecule has 1 fully saturated rings. The first-order valence-electron chi connectivity index (χ1n) is 6.75. The minimum absolute atomic E-state index is 0.140. The van der Waals surface area contributed by atoms with E-state index in [-0.39, 0.29) is 18.4 Å². The number of carboxylic acid groups (broad SMARTS) is 1. The fourth-order valence-corrected chi connectivity index (χ4v) is 2.39. The van der Waals surface area contributed by atoms with Crippen LogP contribution in [0.2, 0.25) is 0 Å². The van der Waals surface area contributed by atoms with E-state index in [1.807, 2.05) is 13.0 Å². The largest absolute Gasteiger partial charge is 0.481 e. The number of pyridine rings is 1. The Morgan fingerprint density at radius 3 is 3.05 bits per heavy atom. The molecule has 2 rings (SSSR count). The number of rotatable bonds is 4. The zero-order valence-electron chi connectivity index (χ0n) is 11.5. The van der Waals surface area contributed by atoms with E-state index in [1.54, 1.807) is 17.2 Å². The standard InChI is InChI=1S/C14H19N3O3/c1-10-12(3-2-7-15-10)16-14(20)17-8-6-11(9-17)4-5-13(18)19/h2-3,7,11H,4-6,8-9H2,1H3,(H,16,20)(H,18,19). The SMILES string of the molecule is Cc1ncccc1NC(=O)N1CCC(CCC(=O)O)C1. The van der Waals surface area contributed by atoms with Crippen molar-refractivity contribution in [2.75, 3.05) is 18.4 Å². The molecule has 2 heterocycles. The quantitative estimate of drug-likeness (QED) is 0.883. The summed E-state index contributed by atoms with van der Waals surface area (Å²) in [5.41, 5.74) is 1.49. The second-order valence-electron chi connectivity index (χ2n) is 5.10. The predicted molar refractivity (Wildman–Crippen MR) is 74.5 cm³/mol. The molecule has 6 heteroatoms. The van der Waals surface area contributed by atoms with E-state index in [0.717, 1.165) is 12.1 Å². The van der Waals surface area contributed by atoms with Gasteiger partial charge in [-0.15, -0.1) is 0 Å². The molecule has 1 aromatic rings. The molecule has 0 bridgehead atoms. The molecule has 2 N–H and O–H groups in total. The van der Waals surface area contributed by atoms with Gasteiger partial charge in [0.1, 0.15) is 0 Å². The number of aliphatic carboxylic acids is 1. The number of aromatic nitrogens is 1. The highest BCUT2D eigenvalue weighted by molar-refractivity contribution is 5.90. The number of carbonyl (C=O) groups is 2. The van der Waals surface area contributed by atoms with Gasteiger partial charge in [-0.05, 0) is 37.8 Å².